The van der Waals surface area contributed by atoms with Crippen molar-refractivity contribution in [1.82, 2.24) is 14.8 Å². The molecule has 0 aliphatic heterocycles. The van der Waals surface area contributed by atoms with Gasteiger partial charge in [0.2, 0.25) is 5.91 Å². The Morgan fingerprint density at radius 3 is 2.93 bits per heavy atom. The lowest BCUT2D eigenvalue weighted by Crippen LogP contribution is -2.24. The third-order valence-corrected chi connectivity index (χ3v) is 6.97. The van der Waals surface area contributed by atoms with Crippen molar-refractivity contribution in [2.24, 2.45) is 12.8 Å². The lowest BCUT2D eigenvalue weighted by molar-refractivity contribution is -0.115. The van der Waals surface area contributed by atoms with Crippen LogP contribution < -0.4 is 11.1 Å². The monoisotopic (exact) mass is 417 g/mol. The van der Waals surface area contributed by atoms with Crippen LogP contribution in [0.15, 0.2) is 28.0 Å². The van der Waals surface area contributed by atoms with Crippen LogP contribution in [0.5, 0.6) is 0 Å². The number of carbonyl (C=O) groups excluding carboxylic acids is 2. The number of thiophene rings is 1. The zero-order valence-corrected chi connectivity index (χ0v) is 17.0. The summed E-state index contributed by atoms with van der Waals surface area (Å²) >= 11 is 2.73. The van der Waals surface area contributed by atoms with Crippen LogP contribution in [0.25, 0.3) is 11.6 Å². The van der Waals surface area contributed by atoms with E-state index in [1.165, 1.54) is 23.1 Å². The van der Waals surface area contributed by atoms with Crippen molar-refractivity contribution >= 4 is 39.9 Å². The molecule has 2 amide bonds. The topological polar surface area (TPSA) is 116 Å². The first-order chi connectivity index (χ1) is 13.5. The first-order valence-corrected chi connectivity index (χ1v) is 10.5. The van der Waals surface area contributed by atoms with E-state index in [1.807, 2.05) is 7.05 Å². The number of carbonyl (C=O) groups is 2. The van der Waals surface area contributed by atoms with Crippen molar-refractivity contribution in [3.63, 3.8) is 0 Å². The second-order valence-corrected chi connectivity index (χ2v) is 8.93. The lowest BCUT2D eigenvalue weighted by Gasteiger charge is -2.11. The molecule has 0 radical (unpaired) electrons. The number of furan rings is 1. The number of rotatable bonds is 6. The van der Waals surface area contributed by atoms with E-state index in [9.17, 15) is 9.59 Å². The Kier molecular flexibility index (Phi) is 4.98. The number of hydrogen-bond acceptors (Lipinski definition) is 7. The number of nitrogens with one attached hydrogen (secondary N) is 1. The van der Waals surface area contributed by atoms with Crippen LogP contribution in [-0.4, -0.2) is 31.8 Å². The van der Waals surface area contributed by atoms with Crippen molar-refractivity contribution in [1.29, 1.82) is 0 Å². The highest BCUT2D eigenvalue weighted by Gasteiger charge is 2.28. The van der Waals surface area contributed by atoms with Crippen LogP contribution in [-0.2, 0) is 24.7 Å². The highest BCUT2D eigenvalue weighted by atomic mass is 32.2. The number of aromatic nitrogens is 3. The average molecular weight is 418 g/mol. The van der Waals surface area contributed by atoms with Gasteiger partial charge in [0.05, 0.1) is 17.1 Å². The number of primary amides is 1. The Morgan fingerprint density at radius 2 is 2.21 bits per heavy atom. The molecule has 3 aromatic rings. The van der Waals surface area contributed by atoms with Gasteiger partial charge in [-0.2, -0.15) is 0 Å². The largest absolute Gasteiger partial charge is 0.461 e. The third-order valence-electron chi connectivity index (χ3n) is 4.63. The number of nitrogens with two attached hydrogens (primary N) is 1. The van der Waals surface area contributed by atoms with Crippen LogP contribution in [0.2, 0.25) is 0 Å². The van der Waals surface area contributed by atoms with Crippen molar-refractivity contribution in [3.8, 4) is 11.6 Å². The van der Waals surface area contributed by atoms with Crippen molar-refractivity contribution < 1.29 is 14.0 Å². The molecular formula is C18H19N5O3S2. The minimum Gasteiger partial charge on any atom is -0.461 e. The van der Waals surface area contributed by atoms with Crippen molar-refractivity contribution in [2.75, 3.05) is 5.32 Å². The van der Waals surface area contributed by atoms with Gasteiger partial charge in [-0.15, -0.1) is 21.5 Å². The van der Waals surface area contributed by atoms with E-state index >= 15 is 0 Å². The number of anilines is 1. The molecule has 3 N–H and O–H groups in total. The van der Waals surface area contributed by atoms with Gasteiger partial charge in [-0.3, -0.25) is 9.59 Å². The molecule has 1 aliphatic rings. The van der Waals surface area contributed by atoms with Crippen LogP contribution >= 0.6 is 23.1 Å². The fourth-order valence-corrected chi connectivity index (χ4v) is 5.33. The number of amides is 2. The van der Waals surface area contributed by atoms with Gasteiger partial charge >= 0.3 is 0 Å². The summed E-state index contributed by atoms with van der Waals surface area (Å²) in [4.78, 5) is 25.7. The number of aryl methyl sites for hydroxylation is 1. The molecule has 3 aromatic heterocycles. The smallest absolute Gasteiger partial charge is 0.251 e. The summed E-state index contributed by atoms with van der Waals surface area (Å²) < 4.78 is 7.14. The van der Waals surface area contributed by atoms with Crippen LogP contribution in [0.3, 0.4) is 0 Å². The Labute approximate surface area is 169 Å². The second-order valence-electron chi connectivity index (χ2n) is 6.52. The fraction of sp³-hybridized carbons (Fsp3) is 0.333. The van der Waals surface area contributed by atoms with Crippen LogP contribution in [0, 0.1) is 0 Å². The number of nitrogens with zero attached hydrogens (tertiary/aromatic N) is 3. The lowest BCUT2D eigenvalue weighted by atomic mass is 10.1. The van der Waals surface area contributed by atoms with Crippen LogP contribution in [0.1, 0.15) is 34.1 Å². The summed E-state index contributed by atoms with van der Waals surface area (Å²) in [5, 5.41) is 11.9. The quantitative estimate of drug-likeness (QED) is 0.596. The molecule has 0 unspecified atom stereocenters. The second kappa shape index (κ2) is 7.44. The number of fused-ring (bicyclic) bond motifs is 1. The minimum absolute atomic E-state index is 0.213. The molecule has 28 heavy (non-hydrogen) atoms. The Hall–Kier alpha value is -2.59. The van der Waals surface area contributed by atoms with E-state index in [-0.39, 0.29) is 5.91 Å². The van der Waals surface area contributed by atoms with Crippen molar-refractivity contribution in [2.45, 2.75) is 36.6 Å². The molecule has 146 valence electrons. The van der Waals surface area contributed by atoms with Gasteiger partial charge in [-0.1, -0.05) is 11.8 Å². The molecule has 1 atom stereocenters. The molecule has 0 aromatic carbocycles. The molecule has 4 rings (SSSR count). The van der Waals surface area contributed by atoms with E-state index in [4.69, 9.17) is 10.2 Å². The van der Waals surface area contributed by atoms with E-state index in [1.54, 1.807) is 29.9 Å². The third kappa shape index (κ3) is 3.33. The summed E-state index contributed by atoms with van der Waals surface area (Å²) in [5.74, 6) is 0.491. The molecule has 0 fully saturated rings. The number of thioether (sulfide) groups is 1. The summed E-state index contributed by atoms with van der Waals surface area (Å²) in [7, 11) is 1.82. The highest BCUT2D eigenvalue weighted by molar-refractivity contribution is 8.00. The maximum Gasteiger partial charge on any atom is 0.251 e. The van der Waals surface area contributed by atoms with Gasteiger partial charge in [0.15, 0.2) is 16.7 Å². The molecular weight excluding hydrogens is 398 g/mol. The molecule has 3 heterocycles. The van der Waals surface area contributed by atoms with E-state index in [0.29, 0.717) is 27.3 Å². The minimum atomic E-state index is -0.494. The standard InChI is InChI=1S/C18H19N5O3S2/c1-9(27-18-22-21-15(23(18)2)11-6-4-8-26-11)16(25)20-17-13(14(19)24)10-5-3-7-12(10)28-17/h4,6,8-9H,3,5,7H2,1-2H3,(H2,19,24)(H,20,25)/t9-/m0/s1. The summed E-state index contributed by atoms with van der Waals surface area (Å²) in [6.07, 6.45) is 4.35. The van der Waals surface area contributed by atoms with Gasteiger partial charge in [0.25, 0.3) is 5.91 Å². The SMILES string of the molecule is C[C@H](Sc1nnc(-c2ccco2)n1C)C(=O)Nc1sc2c(c1C(N)=O)CCC2. The Balaban J connectivity index is 1.49. The molecule has 0 saturated carbocycles. The molecule has 0 bridgehead atoms. The first-order valence-electron chi connectivity index (χ1n) is 8.80. The molecule has 0 saturated heterocycles. The maximum atomic E-state index is 12.7. The average Bonchev–Trinajstić information content (AvgIpc) is 3.40. The maximum absolute atomic E-state index is 12.7. The van der Waals surface area contributed by atoms with E-state index in [0.717, 1.165) is 29.7 Å². The Morgan fingerprint density at radius 1 is 1.39 bits per heavy atom. The van der Waals surface area contributed by atoms with Crippen molar-refractivity contribution in [3.05, 3.63) is 34.4 Å². The van der Waals surface area contributed by atoms with E-state index in [2.05, 4.69) is 15.5 Å². The first kappa shape index (κ1) is 18.8. The predicted octanol–water partition coefficient (Wildman–Crippen LogP) is 2.84. The van der Waals surface area contributed by atoms with E-state index < -0.39 is 11.2 Å². The normalized spacial score (nSPS) is 14.1. The van der Waals surface area contributed by atoms with Gasteiger partial charge < -0.3 is 20.0 Å². The molecule has 0 spiro atoms. The summed E-state index contributed by atoms with van der Waals surface area (Å²) in [5.41, 5.74) is 7.01. The number of hydrogen-bond donors (Lipinski definition) is 2. The summed E-state index contributed by atoms with van der Waals surface area (Å²) in [6, 6.07) is 3.58. The van der Waals surface area contributed by atoms with Gasteiger partial charge in [0, 0.05) is 11.9 Å². The molecule has 8 nitrogen and oxygen atoms in total. The Bertz CT molecular complexity index is 1040. The van der Waals surface area contributed by atoms with Gasteiger partial charge in [-0.25, -0.2) is 0 Å². The predicted molar refractivity (Wildman–Crippen MR) is 108 cm³/mol. The molecule has 1 aliphatic carbocycles. The fourth-order valence-electron chi connectivity index (χ4n) is 3.22. The zero-order valence-electron chi connectivity index (χ0n) is 15.4. The van der Waals surface area contributed by atoms with Gasteiger partial charge in [-0.05, 0) is 43.9 Å². The zero-order chi connectivity index (χ0) is 19.8. The highest BCUT2D eigenvalue weighted by Crippen LogP contribution is 2.39. The van der Waals surface area contributed by atoms with Crippen LogP contribution in [0.4, 0.5) is 5.00 Å². The summed E-state index contributed by atoms with van der Waals surface area (Å²) in [6.45, 7) is 1.78. The van der Waals surface area contributed by atoms with Gasteiger partial charge in [0.1, 0.15) is 5.00 Å². The molecule has 10 heteroatoms.